The number of quaternary nitrogens is 1. The van der Waals surface area contributed by atoms with E-state index in [-0.39, 0.29) is 5.60 Å². The molecule has 0 saturated carbocycles. The third-order valence-corrected chi connectivity index (χ3v) is 6.22. The van der Waals surface area contributed by atoms with Crippen molar-refractivity contribution >= 4 is 11.6 Å². The van der Waals surface area contributed by atoms with E-state index >= 15 is 0 Å². The van der Waals surface area contributed by atoms with Gasteiger partial charge in [0.25, 0.3) is 0 Å². The van der Waals surface area contributed by atoms with E-state index in [0.717, 1.165) is 29.4 Å². The van der Waals surface area contributed by atoms with Gasteiger partial charge in [-0.25, -0.2) is 0 Å². The highest BCUT2D eigenvalue weighted by molar-refractivity contribution is 6.30. The highest BCUT2D eigenvalue weighted by Gasteiger charge is 2.33. The van der Waals surface area contributed by atoms with Crippen LogP contribution in [0.5, 0.6) is 0 Å². The molecule has 0 aromatic heterocycles. The molecule has 2 nitrogen and oxygen atoms in total. The first-order valence-electron chi connectivity index (χ1n) is 10.5. The molecule has 148 valence electrons. The molecular weight excluding hydrogens is 342 g/mol. The van der Waals surface area contributed by atoms with Crippen LogP contribution in [0, 0.1) is 17.8 Å². The summed E-state index contributed by atoms with van der Waals surface area (Å²) in [6, 6.07) is 8.79. The van der Waals surface area contributed by atoms with Gasteiger partial charge in [0.1, 0.15) is 6.04 Å². The third-order valence-electron chi connectivity index (χ3n) is 5.97. The Balaban J connectivity index is 1.88. The summed E-state index contributed by atoms with van der Waals surface area (Å²) in [5.74, 6) is 2.44. The smallest absolute Gasteiger partial charge is 0.109 e. The maximum atomic E-state index is 6.01. The molecule has 1 heterocycles. The normalized spacial score (nSPS) is 22.3. The maximum absolute atomic E-state index is 6.01. The van der Waals surface area contributed by atoms with E-state index in [0.29, 0.717) is 6.04 Å². The standard InChI is InChI=1S/C23H38ClNO/c1-17(2)6-7-20(21-13-15-26-23(4,5)16-21)12-14-25-18(3)19-8-10-22(24)11-9-19/h8-11,17-18,20-21,25H,6-7,12-16H2,1-5H3/p+1/t18-,20-,21-/m1/s1. The minimum Gasteiger partial charge on any atom is -0.376 e. The number of hydrogen-bond acceptors (Lipinski definition) is 1. The second-order valence-corrected chi connectivity index (χ2v) is 9.68. The zero-order valence-corrected chi connectivity index (χ0v) is 18.2. The fourth-order valence-corrected chi connectivity index (χ4v) is 4.43. The Morgan fingerprint density at radius 2 is 1.81 bits per heavy atom. The van der Waals surface area contributed by atoms with Crippen LogP contribution in [0.25, 0.3) is 0 Å². The molecular formula is C23H39ClNO+. The quantitative estimate of drug-likeness (QED) is 0.591. The lowest BCUT2D eigenvalue weighted by atomic mass is 9.75. The Bertz CT molecular complexity index is 526. The summed E-state index contributed by atoms with van der Waals surface area (Å²) in [6.45, 7) is 13.6. The molecule has 1 saturated heterocycles. The van der Waals surface area contributed by atoms with E-state index in [2.05, 4.69) is 52.1 Å². The minimum absolute atomic E-state index is 0.0549. The summed E-state index contributed by atoms with van der Waals surface area (Å²) in [5.41, 5.74) is 1.42. The number of hydrogen-bond donors (Lipinski definition) is 1. The first-order chi connectivity index (χ1) is 12.3. The number of halogens is 1. The number of nitrogens with two attached hydrogens (primary N) is 1. The Kier molecular flexibility index (Phi) is 8.44. The van der Waals surface area contributed by atoms with Crippen molar-refractivity contribution in [3.05, 3.63) is 34.9 Å². The maximum Gasteiger partial charge on any atom is 0.109 e. The predicted octanol–water partition coefficient (Wildman–Crippen LogP) is 5.61. The van der Waals surface area contributed by atoms with Crippen LogP contribution in [0.15, 0.2) is 24.3 Å². The average molecular weight is 381 g/mol. The zero-order chi connectivity index (χ0) is 19.2. The van der Waals surface area contributed by atoms with Crippen molar-refractivity contribution in [1.29, 1.82) is 0 Å². The molecule has 0 aliphatic carbocycles. The summed E-state index contributed by atoms with van der Waals surface area (Å²) in [5, 5.41) is 3.31. The summed E-state index contributed by atoms with van der Waals surface area (Å²) < 4.78 is 5.96. The Morgan fingerprint density at radius 1 is 1.12 bits per heavy atom. The molecule has 0 unspecified atom stereocenters. The van der Waals surface area contributed by atoms with Crippen molar-refractivity contribution in [2.24, 2.45) is 17.8 Å². The number of rotatable bonds is 9. The van der Waals surface area contributed by atoms with Gasteiger partial charge in [0.15, 0.2) is 0 Å². The summed E-state index contributed by atoms with van der Waals surface area (Å²) in [6.07, 6.45) is 6.46. The molecule has 2 rings (SSSR count). The van der Waals surface area contributed by atoms with Crippen LogP contribution in [0.2, 0.25) is 5.02 Å². The molecule has 0 spiro atoms. The van der Waals surface area contributed by atoms with Gasteiger partial charge in [-0.2, -0.15) is 0 Å². The largest absolute Gasteiger partial charge is 0.376 e. The van der Waals surface area contributed by atoms with Crippen molar-refractivity contribution in [3.63, 3.8) is 0 Å². The molecule has 0 amide bonds. The van der Waals surface area contributed by atoms with Gasteiger partial charge in [-0.05, 0) is 76.3 Å². The van der Waals surface area contributed by atoms with Gasteiger partial charge < -0.3 is 10.1 Å². The van der Waals surface area contributed by atoms with Gasteiger partial charge >= 0.3 is 0 Å². The van der Waals surface area contributed by atoms with E-state index in [1.165, 1.54) is 44.2 Å². The van der Waals surface area contributed by atoms with E-state index in [4.69, 9.17) is 16.3 Å². The van der Waals surface area contributed by atoms with Gasteiger partial charge in [-0.15, -0.1) is 0 Å². The van der Waals surface area contributed by atoms with Crippen molar-refractivity contribution < 1.29 is 10.1 Å². The van der Waals surface area contributed by atoms with Crippen molar-refractivity contribution in [2.75, 3.05) is 13.2 Å². The third kappa shape index (κ3) is 7.21. The highest BCUT2D eigenvalue weighted by atomic mass is 35.5. The van der Waals surface area contributed by atoms with E-state index in [1.807, 2.05) is 12.1 Å². The number of benzene rings is 1. The molecule has 1 aromatic rings. The lowest BCUT2D eigenvalue weighted by molar-refractivity contribution is -0.693. The van der Waals surface area contributed by atoms with Gasteiger partial charge in [-0.3, -0.25) is 0 Å². The van der Waals surface area contributed by atoms with Crippen LogP contribution in [-0.4, -0.2) is 18.8 Å². The predicted molar refractivity (Wildman–Crippen MR) is 112 cm³/mol. The molecule has 1 aliphatic heterocycles. The van der Waals surface area contributed by atoms with Gasteiger partial charge in [-0.1, -0.05) is 44.0 Å². The van der Waals surface area contributed by atoms with E-state index in [1.54, 1.807) is 0 Å². The average Bonchev–Trinajstić information content (AvgIpc) is 2.57. The Morgan fingerprint density at radius 3 is 2.42 bits per heavy atom. The van der Waals surface area contributed by atoms with E-state index in [9.17, 15) is 0 Å². The van der Waals surface area contributed by atoms with Crippen LogP contribution in [-0.2, 0) is 4.74 Å². The summed E-state index contributed by atoms with van der Waals surface area (Å²) >= 11 is 6.01. The van der Waals surface area contributed by atoms with Crippen LogP contribution in [0.1, 0.15) is 78.3 Å². The molecule has 0 radical (unpaired) electrons. The molecule has 2 N–H and O–H groups in total. The molecule has 3 atom stereocenters. The van der Waals surface area contributed by atoms with Crippen molar-refractivity contribution in [1.82, 2.24) is 0 Å². The van der Waals surface area contributed by atoms with Crippen LogP contribution < -0.4 is 5.32 Å². The lowest BCUT2D eigenvalue weighted by Gasteiger charge is -2.39. The monoisotopic (exact) mass is 380 g/mol. The lowest BCUT2D eigenvalue weighted by Crippen LogP contribution is -2.84. The summed E-state index contributed by atoms with van der Waals surface area (Å²) in [4.78, 5) is 0. The Hall–Kier alpha value is -0.570. The molecule has 0 bridgehead atoms. The SMILES string of the molecule is CC(C)CC[C@H](CC[NH2+][C@H](C)c1ccc(Cl)cc1)[C@@H]1CCOC(C)(C)C1. The van der Waals surface area contributed by atoms with Gasteiger partial charge in [0.2, 0.25) is 0 Å². The molecule has 26 heavy (non-hydrogen) atoms. The fraction of sp³-hybridized carbons (Fsp3) is 0.739. The van der Waals surface area contributed by atoms with Crippen LogP contribution in [0.4, 0.5) is 0 Å². The zero-order valence-electron chi connectivity index (χ0n) is 17.4. The highest BCUT2D eigenvalue weighted by Crippen LogP contribution is 2.37. The van der Waals surface area contributed by atoms with Gasteiger partial charge in [0, 0.05) is 17.2 Å². The molecule has 1 aliphatic rings. The minimum atomic E-state index is 0.0549. The second kappa shape index (κ2) is 10.1. The molecule has 1 fully saturated rings. The second-order valence-electron chi connectivity index (χ2n) is 9.25. The fourth-order valence-electron chi connectivity index (χ4n) is 4.31. The number of ether oxygens (including phenoxy) is 1. The molecule has 3 heteroatoms. The Labute approximate surface area is 166 Å². The first kappa shape index (κ1) is 21.7. The first-order valence-corrected chi connectivity index (χ1v) is 10.9. The molecule has 1 aromatic carbocycles. The van der Waals surface area contributed by atoms with E-state index < -0.39 is 0 Å². The van der Waals surface area contributed by atoms with Crippen LogP contribution >= 0.6 is 11.6 Å². The topological polar surface area (TPSA) is 25.8 Å². The van der Waals surface area contributed by atoms with Crippen molar-refractivity contribution in [2.45, 2.75) is 78.4 Å². The van der Waals surface area contributed by atoms with Crippen molar-refractivity contribution in [3.8, 4) is 0 Å². The van der Waals surface area contributed by atoms with Crippen LogP contribution in [0.3, 0.4) is 0 Å². The summed E-state index contributed by atoms with van der Waals surface area (Å²) in [7, 11) is 0. The van der Waals surface area contributed by atoms with Gasteiger partial charge in [0.05, 0.1) is 12.1 Å².